The zero-order valence-electron chi connectivity index (χ0n) is 9.81. The molecule has 0 spiro atoms. The van der Waals surface area contributed by atoms with Gasteiger partial charge >= 0.3 is 5.97 Å². The van der Waals surface area contributed by atoms with Crippen LogP contribution in [0.1, 0.15) is 20.3 Å². The fraction of sp³-hybridized carbons (Fsp3) is 0.417. The monoisotopic (exact) mass is 273 g/mol. The summed E-state index contributed by atoms with van der Waals surface area (Å²) in [5.41, 5.74) is 4.52. The van der Waals surface area contributed by atoms with E-state index >= 15 is 0 Å². The van der Waals surface area contributed by atoms with E-state index in [0.29, 0.717) is 11.4 Å². The van der Waals surface area contributed by atoms with Crippen LogP contribution in [0.2, 0.25) is 5.02 Å². The van der Waals surface area contributed by atoms with Crippen molar-refractivity contribution in [2.45, 2.75) is 36.0 Å². The van der Waals surface area contributed by atoms with Gasteiger partial charge in [-0.2, -0.15) is 0 Å². The van der Waals surface area contributed by atoms with E-state index in [2.05, 4.69) is 0 Å². The molecule has 0 heterocycles. The predicted molar refractivity (Wildman–Crippen MR) is 71.6 cm³/mol. The standard InChI is InChI=1S/C12H16ClNO2S/c1-8(7-12(2,14)11(15)16)17-10-5-3-9(13)4-6-10/h3-6,8H,7,14H2,1-2H3,(H,15,16). The lowest BCUT2D eigenvalue weighted by atomic mass is 9.98. The number of hydrogen-bond donors (Lipinski definition) is 2. The van der Waals surface area contributed by atoms with Gasteiger partial charge in [-0.05, 0) is 37.6 Å². The minimum absolute atomic E-state index is 0.127. The molecule has 2 atom stereocenters. The van der Waals surface area contributed by atoms with Crippen LogP contribution in [0.4, 0.5) is 0 Å². The zero-order valence-corrected chi connectivity index (χ0v) is 11.4. The molecule has 0 radical (unpaired) electrons. The highest BCUT2D eigenvalue weighted by molar-refractivity contribution is 7.99. The number of carboxylic acids is 1. The number of benzene rings is 1. The molecular weight excluding hydrogens is 258 g/mol. The Bertz CT molecular complexity index is 392. The summed E-state index contributed by atoms with van der Waals surface area (Å²) in [4.78, 5) is 12.0. The molecule has 2 unspecified atom stereocenters. The molecule has 0 aromatic heterocycles. The fourth-order valence-corrected chi connectivity index (χ4v) is 2.78. The van der Waals surface area contributed by atoms with Crippen molar-refractivity contribution < 1.29 is 9.90 Å². The van der Waals surface area contributed by atoms with Crippen molar-refractivity contribution in [1.82, 2.24) is 0 Å². The van der Waals surface area contributed by atoms with Crippen LogP contribution >= 0.6 is 23.4 Å². The Morgan fingerprint density at radius 1 is 1.53 bits per heavy atom. The summed E-state index contributed by atoms with van der Waals surface area (Å²) in [5.74, 6) is -0.971. The maximum absolute atomic E-state index is 10.9. The second-order valence-corrected chi connectivity index (χ2v) is 6.26. The molecule has 17 heavy (non-hydrogen) atoms. The minimum Gasteiger partial charge on any atom is -0.480 e. The third-order valence-electron chi connectivity index (χ3n) is 2.35. The van der Waals surface area contributed by atoms with Crippen molar-refractivity contribution in [1.29, 1.82) is 0 Å². The molecule has 0 aliphatic heterocycles. The summed E-state index contributed by atoms with van der Waals surface area (Å²) in [5, 5.41) is 9.76. The smallest absolute Gasteiger partial charge is 0.323 e. The number of hydrogen-bond acceptors (Lipinski definition) is 3. The SMILES string of the molecule is CC(CC(C)(N)C(=O)O)Sc1ccc(Cl)cc1. The molecule has 0 saturated heterocycles. The van der Waals surface area contributed by atoms with Gasteiger partial charge < -0.3 is 10.8 Å². The lowest BCUT2D eigenvalue weighted by Gasteiger charge is -2.23. The maximum atomic E-state index is 10.9. The van der Waals surface area contributed by atoms with E-state index in [0.717, 1.165) is 4.90 Å². The summed E-state index contributed by atoms with van der Waals surface area (Å²) in [6.45, 7) is 3.50. The Hall–Kier alpha value is -0.710. The Morgan fingerprint density at radius 2 is 2.06 bits per heavy atom. The molecule has 0 amide bonds. The second kappa shape index (κ2) is 5.76. The average molecular weight is 274 g/mol. The van der Waals surface area contributed by atoms with Crippen LogP contribution in [0, 0.1) is 0 Å². The van der Waals surface area contributed by atoms with Gasteiger partial charge in [0.25, 0.3) is 0 Å². The molecule has 5 heteroatoms. The van der Waals surface area contributed by atoms with Crippen molar-refractivity contribution in [2.75, 3.05) is 0 Å². The van der Waals surface area contributed by atoms with Crippen LogP contribution in [0.25, 0.3) is 0 Å². The predicted octanol–water partition coefficient (Wildman–Crippen LogP) is 3.01. The van der Waals surface area contributed by atoms with Gasteiger partial charge in [-0.25, -0.2) is 0 Å². The maximum Gasteiger partial charge on any atom is 0.323 e. The summed E-state index contributed by atoms with van der Waals surface area (Å²) in [6, 6.07) is 7.46. The molecule has 0 bridgehead atoms. The van der Waals surface area contributed by atoms with Crippen molar-refractivity contribution in [3.8, 4) is 0 Å². The molecule has 1 aromatic rings. The highest BCUT2D eigenvalue weighted by atomic mass is 35.5. The first-order valence-electron chi connectivity index (χ1n) is 5.26. The molecule has 1 aromatic carbocycles. The molecule has 3 nitrogen and oxygen atoms in total. The van der Waals surface area contributed by atoms with Crippen molar-refractivity contribution >= 4 is 29.3 Å². The summed E-state index contributed by atoms with van der Waals surface area (Å²) >= 11 is 7.38. The van der Waals surface area contributed by atoms with Gasteiger partial charge in [0.1, 0.15) is 5.54 Å². The lowest BCUT2D eigenvalue weighted by molar-refractivity contribution is -0.142. The van der Waals surface area contributed by atoms with Crippen molar-refractivity contribution in [3.05, 3.63) is 29.3 Å². The van der Waals surface area contributed by atoms with E-state index in [9.17, 15) is 4.79 Å². The Kier molecular flexibility index (Phi) is 4.86. The van der Waals surface area contributed by atoms with E-state index in [1.54, 1.807) is 11.8 Å². The van der Waals surface area contributed by atoms with Gasteiger partial charge in [0, 0.05) is 15.2 Å². The largest absolute Gasteiger partial charge is 0.480 e. The normalized spacial score (nSPS) is 16.2. The van der Waals surface area contributed by atoms with E-state index in [1.165, 1.54) is 6.92 Å². The summed E-state index contributed by atoms with van der Waals surface area (Å²) in [7, 11) is 0. The highest BCUT2D eigenvalue weighted by Gasteiger charge is 2.30. The van der Waals surface area contributed by atoms with E-state index in [1.807, 2.05) is 31.2 Å². The van der Waals surface area contributed by atoms with Gasteiger partial charge in [0.15, 0.2) is 0 Å². The number of halogens is 1. The van der Waals surface area contributed by atoms with Crippen LogP contribution in [-0.2, 0) is 4.79 Å². The molecule has 3 N–H and O–H groups in total. The Morgan fingerprint density at radius 3 is 2.53 bits per heavy atom. The number of rotatable bonds is 5. The number of thioether (sulfide) groups is 1. The second-order valence-electron chi connectivity index (χ2n) is 4.31. The summed E-state index contributed by atoms with van der Waals surface area (Å²) < 4.78 is 0. The van der Waals surface area contributed by atoms with Crippen LogP contribution in [-0.4, -0.2) is 21.9 Å². The average Bonchev–Trinajstić information content (AvgIpc) is 2.20. The zero-order chi connectivity index (χ0) is 13.1. The van der Waals surface area contributed by atoms with Gasteiger partial charge in [0.2, 0.25) is 0 Å². The minimum atomic E-state index is -1.18. The summed E-state index contributed by atoms with van der Waals surface area (Å²) in [6.07, 6.45) is 0.412. The molecule has 0 aliphatic rings. The first kappa shape index (κ1) is 14.4. The van der Waals surface area contributed by atoms with Crippen molar-refractivity contribution in [2.24, 2.45) is 5.73 Å². The van der Waals surface area contributed by atoms with Crippen LogP contribution in [0.15, 0.2) is 29.2 Å². The molecule has 0 aliphatic carbocycles. The van der Waals surface area contributed by atoms with E-state index in [-0.39, 0.29) is 5.25 Å². The number of carboxylic acid groups (broad SMARTS) is 1. The third kappa shape index (κ3) is 4.58. The highest BCUT2D eigenvalue weighted by Crippen LogP contribution is 2.28. The molecule has 94 valence electrons. The first-order valence-corrected chi connectivity index (χ1v) is 6.51. The van der Waals surface area contributed by atoms with E-state index in [4.69, 9.17) is 22.4 Å². The van der Waals surface area contributed by atoms with Gasteiger partial charge in [-0.3, -0.25) is 4.79 Å². The van der Waals surface area contributed by atoms with E-state index < -0.39 is 11.5 Å². The fourth-order valence-electron chi connectivity index (χ4n) is 1.47. The number of carbonyl (C=O) groups is 1. The Balaban J connectivity index is 2.58. The Labute approximate surface area is 110 Å². The van der Waals surface area contributed by atoms with Gasteiger partial charge in [-0.1, -0.05) is 18.5 Å². The topological polar surface area (TPSA) is 63.3 Å². The number of aliphatic carboxylic acids is 1. The molecule has 1 rings (SSSR count). The lowest BCUT2D eigenvalue weighted by Crippen LogP contribution is -2.46. The number of nitrogens with two attached hydrogens (primary N) is 1. The molecule has 0 saturated carbocycles. The first-order chi connectivity index (χ1) is 7.81. The quantitative estimate of drug-likeness (QED) is 0.810. The van der Waals surface area contributed by atoms with Crippen molar-refractivity contribution in [3.63, 3.8) is 0 Å². The van der Waals surface area contributed by atoms with Gasteiger partial charge in [-0.15, -0.1) is 11.8 Å². The molecule has 0 fully saturated rings. The molecular formula is C12H16ClNO2S. The van der Waals surface area contributed by atoms with Crippen LogP contribution in [0.5, 0.6) is 0 Å². The van der Waals surface area contributed by atoms with Crippen LogP contribution in [0.3, 0.4) is 0 Å². The van der Waals surface area contributed by atoms with Gasteiger partial charge in [0.05, 0.1) is 0 Å². The third-order valence-corrected chi connectivity index (χ3v) is 3.72. The van der Waals surface area contributed by atoms with Crippen LogP contribution < -0.4 is 5.73 Å².